The number of hydrogen-bond acceptors (Lipinski definition) is 6. The summed E-state index contributed by atoms with van der Waals surface area (Å²) in [6, 6.07) is 3.45. The molecule has 5 nitrogen and oxygen atoms in total. The lowest BCUT2D eigenvalue weighted by atomic mass is 10.0. The van der Waals surface area contributed by atoms with Gasteiger partial charge in [0.2, 0.25) is 0 Å². The highest BCUT2D eigenvalue weighted by Gasteiger charge is 2.21. The van der Waals surface area contributed by atoms with Gasteiger partial charge in [0, 0.05) is 30.1 Å². The molecule has 1 heterocycles. The van der Waals surface area contributed by atoms with E-state index >= 15 is 0 Å². The normalized spacial score (nSPS) is 12.0. The first kappa shape index (κ1) is 14.6. The number of aromatic nitrogens is 1. The Morgan fingerprint density at radius 1 is 1.15 bits per heavy atom. The predicted octanol–water partition coefficient (Wildman–Crippen LogP) is 2.45. The Morgan fingerprint density at radius 2 is 1.80 bits per heavy atom. The van der Waals surface area contributed by atoms with Gasteiger partial charge in [-0.2, -0.15) is 0 Å². The fraction of sp³-hybridized carbons (Fsp3) is 0.357. The van der Waals surface area contributed by atoms with Gasteiger partial charge in [-0.1, -0.05) is 0 Å². The van der Waals surface area contributed by atoms with Crippen molar-refractivity contribution in [1.82, 2.24) is 4.98 Å². The van der Waals surface area contributed by atoms with Crippen molar-refractivity contribution in [1.29, 1.82) is 0 Å². The quantitative estimate of drug-likeness (QED) is 0.887. The monoisotopic (exact) mass is 295 g/mol. The van der Waals surface area contributed by atoms with Crippen LogP contribution in [0.1, 0.15) is 16.7 Å². The molecular weight excluding hydrogens is 278 g/mol. The molecule has 20 heavy (non-hydrogen) atoms. The molecule has 1 N–H and O–H groups in total. The molecule has 0 spiro atoms. The van der Waals surface area contributed by atoms with E-state index in [2.05, 4.69) is 4.98 Å². The minimum absolute atomic E-state index is 0.413. The summed E-state index contributed by atoms with van der Waals surface area (Å²) < 4.78 is 15.9. The van der Waals surface area contributed by atoms with Crippen LogP contribution in [0.5, 0.6) is 17.2 Å². The molecule has 0 aliphatic rings. The second-order valence-corrected chi connectivity index (χ2v) is 5.07. The van der Waals surface area contributed by atoms with Gasteiger partial charge in [-0.25, -0.2) is 4.98 Å². The average molecular weight is 295 g/mol. The van der Waals surface area contributed by atoms with E-state index in [0.717, 1.165) is 5.01 Å². The Hall–Kier alpha value is -1.79. The molecule has 0 bridgehead atoms. The maximum atomic E-state index is 10.4. The van der Waals surface area contributed by atoms with Gasteiger partial charge in [-0.3, -0.25) is 0 Å². The summed E-state index contributed by atoms with van der Waals surface area (Å²) in [5, 5.41) is 13.2. The summed E-state index contributed by atoms with van der Waals surface area (Å²) in [7, 11) is 4.67. The van der Waals surface area contributed by atoms with Crippen molar-refractivity contribution >= 4 is 11.3 Å². The van der Waals surface area contributed by atoms with Gasteiger partial charge >= 0.3 is 0 Å². The fourth-order valence-electron chi connectivity index (χ4n) is 1.98. The van der Waals surface area contributed by atoms with Gasteiger partial charge in [-0.15, -0.1) is 11.3 Å². The highest BCUT2D eigenvalue weighted by atomic mass is 32.1. The molecule has 2 rings (SSSR count). The van der Waals surface area contributed by atoms with Crippen molar-refractivity contribution in [2.24, 2.45) is 0 Å². The third kappa shape index (κ3) is 3.02. The molecule has 0 aliphatic heterocycles. The van der Waals surface area contributed by atoms with Gasteiger partial charge in [0.25, 0.3) is 0 Å². The minimum atomic E-state index is -0.753. The van der Waals surface area contributed by atoms with Crippen molar-refractivity contribution in [2.45, 2.75) is 12.5 Å². The average Bonchev–Trinajstić information content (AvgIpc) is 2.98. The molecule has 1 aromatic carbocycles. The fourth-order valence-corrected chi connectivity index (χ4v) is 2.64. The zero-order valence-corrected chi connectivity index (χ0v) is 12.4. The molecule has 1 unspecified atom stereocenters. The van der Waals surface area contributed by atoms with Crippen molar-refractivity contribution in [3.8, 4) is 17.2 Å². The third-order valence-electron chi connectivity index (χ3n) is 2.94. The van der Waals surface area contributed by atoms with E-state index in [-0.39, 0.29) is 0 Å². The van der Waals surface area contributed by atoms with E-state index in [1.807, 2.05) is 5.38 Å². The van der Waals surface area contributed by atoms with E-state index < -0.39 is 6.10 Å². The minimum Gasteiger partial charge on any atom is -0.496 e. The third-order valence-corrected chi connectivity index (χ3v) is 3.74. The number of rotatable bonds is 6. The van der Waals surface area contributed by atoms with Crippen LogP contribution in [0.15, 0.2) is 23.7 Å². The number of ether oxygens (including phenoxy) is 3. The highest BCUT2D eigenvalue weighted by molar-refractivity contribution is 7.09. The molecule has 0 saturated heterocycles. The molecule has 0 fully saturated rings. The lowest BCUT2D eigenvalue weighted by Gasteiger charge is -2.18. The predicted molar refractivity (Wildman–Crippen MR) is 76.9 cm³/mol. The molecule has 0 saturated carbocycles. The van der Waals surface area contributed by atoms with Crippen molar-refractivity contribution < 1.29 is 19.3 Å². The number of methoxy groups -OCH3 is 3. The highest BCUT2D eigenvalue weighted by Crippen LogP contribution is 2.39. The number of hydrogen-bond donors (Lipinski definition) is 1. The summed E-state index contributed by atoms with van der Waals surface area (Å²) in [6.07, 6.45) is 1.38. The molecule has 0 radical (unpaired) electrons. The zero-order valence-electron chi connectivity index (χ0n) is 11.6. The van der Waals surface area contributed by atoms with E-state index in [0.29, 0.717) is 29.2 Å². The molecule has 1 aromatic heterocycles. The van der Waals surface area contributed by atoms with E-state index in [1.165, 1.54) is 11.3 Å². The molecular formula is C14H17NO4S. The van der Waals surface area contributed by atoms with Crippen molar-refractivity contribution in [2.75, 3.05) is 21.3 Å². The van der Waals surface area contributed by atoms with Crippen LogP contribution in [0.3, 0.4) is 0 Å². The Labute approximate surface area is 121 Å². The summed E-state index contributed by atoms with van der Waals surface area (Å²) >= 11 is 1.50. The molecule has 108 valence electrons. The first-order chi connectivity index (χ1) is 9.69. The SMILES string of the molecule is COc1cc(OC)c(C(O)Cc2nccs2)c(OC)c1. The first-order valence-electron chi connectivity index (χ1n) is 6.06. The Balaban J connectivity index is 2.37. The topological polar surface area (TPSA) is 60.8 Å². The molecule has 1 atom stereocenters. The molecule has 2 aromatic rings. The Kier molecular flexibility index (Phi) is 4.81. The lowest BCUT2D eigenvalue weighted by molar-refractivity contribution is 0.169. The van der Waals surface area contributed by atoms with Crippen LogP contribution in [0.4, 0.5) is 0 Å². The molecule has 6 heteroatoms. The van der Waals surface area contributed by atoms with Crippen LogP contribution < -0.4 is 14.2 Å². The second-order valence-electron chi connectivity index (χ2n) is 4.09. The summed E-state index contributed by atoms with van der Waals surface area (Å²) in [6.45, 7) is 0. The van der Waals surface area contributed by atoms with Crippen LogP contribution in [0, 0.1) is 0 Å². The van der Waals surface area contributed by atoms with Gasteiger partial charge in [0.1, 0.15) is 17.2 Å². The van der Waals surface area contributed by atoms with Crippen molar-refractivity contribution in [3.63, 3.8) is 0 Å². The smallest absolute Gasteiger partial charge is 0.132 e. The summed E-state index contributed by atoms with van der Waals surface area (Å²) in [5.74, 6) is 1.68. The number of benzene rings is 1. The van der Waals surface area contributed by atoms with Crippen LogP contribution in [0.25, 0.3) is 0 Å². The van der Waals surface area contributed by atoms with Crippen LogP contribution in [-0.4, -0.2) is 31.4 Å². The molecule has 0 amide bonds. The standard InChI is InChI=1S/C14H17NO4S/c1-17-9-6-11(18-2)14(12(7-9)19-3)10(16)8-13-15-4-5-20-13/h4-7,10,16H,8H2,1-3H3. The van der Waals surface area contributed by atoms with E-state index in [1.54, 1.807) is 39.7 Å². The number of aliphatic hydroxyl groups is 1. The maximum absolute atomic E-state index is 10.4. The number of aliphatic hydroxyl groups excluding tert-OH is 1. The molecule has 0 aliphatic carbocycles. The van der Waals surface area contributed by atoms with Crippen molar-refractivity contribution in [3.05, 3.63) is 34.3 Å². The van der Waals surface area contributed by atoms with Gasteiger partial charge in [0.05, 0.1) is 38.0 Å². The van der Waals surface area contributed by atoms with Crippen LogP contribution >= 0.6 is 11.3 Å². The van der Waals surface area contributed by atoms with Gasteiger partial charge < -0.3 is 19.3 Å². The van der Waals surface area contributed by atoms with Crippen LogP contribution in [-0.2, 0) is 6.42 Å². The van der Waals surface area contributed by atoms with Gasteiger partial charge in [-0.05, 0) is 0 Å². The summed E-state index contributed by atoms with van der Waals surface area (Å²) in [5.41, 5.74) is 0.603. The number of nitrogens with zero attached hydrogens (tertiary/aromatic N) is 1. The zero-order chi connectivity index (χ0) is 14.5. The maximum Gasteiger partial charge on any atom is 0.132 e. The Bertz CT molecular complexity index is 531. The van der Waals surface area contributed by atoms with E-state index in [4.69, 9.17) is 14.2 Å². The largest absolute Gasteiger partial charge is 0.496 e. The number of thiazole rings is 1. The van der Waals surface area contributed by atoms with Crippen LogP contribution in [0.2, 0.25) is 0 Å². The Morgan fingerprint density at radius 3 is 2.25 bits per heavy atom. The first-order valence-corrected chi connectivity index (χ1v) is 6.94. The summed E-state index contributed by atoms with van der Waals surface area (Å²) in [4.78, 5) is 4.18. The van der Waals surface area contributed by atoms with E-state index in [9.17, 15) is 5.11 Å². The second kappa shape index (κ2) is 6.58. The lowest BCUT2D eigenvalue weighted by Crippen LogP contribution is -2.07. The van der Waals surface area contributed by atoms with Gasteiger partial charge in [0.15, 0.2) is 0 Å².